The zero-order valence-electron chi connectivity index (χ0n) is 10.8. The molecule has 5 heteroatoms. The summed E-state index contributed by atoms with van der Waals surface area (Å²) in [5.41, 5.74) is 7.93. The predicted octanol–water partition coefficient (Wildman–Crippen LogP) is 3.56. The fourth-order valence-electron chi connectivity index (χ4n) is 1.83. The molecule has 0 saturated heterocycles. The van der Waals surface area contributed by atoms with Crippen LogP contribution in [-0.4, -0.2) is 17.9 Å². The number of amides is 1. The van der Waals surface area contributed by atoms with Gasteiger partial charge in [-0.2, -0.15) is 0 Å². The van der Waals surface area contributed by atoms with E-state index in [-0.39, 0.29) is 5.91 Å². The topological polar surface area (TPSA) is 46.3 Å². The SMILES string of the molecule is Cc1c(N)cccc1C(=O)N(C)Cc1ccc(Cl)s1. The lowest BCUT2D eigenvalue weighted by Gasteiger charge is -2.18. The molecule has 0 aliphatic carbocycles. The second kappa shape index (κ2) is 5.63. The molecule has 2 N–H and O–H groups in total. The number of halogens is 1. The smallest absolute Gasteiger partial charge is 0.254 e. The van der Waals surface area contributed by atoms with Gasteiger partial charge in [-0.15, -0.1) is 11.3 Å². The van der Waals surface area contributed by atoms with Crippen LogP contribution in [0.25, 0.3) is 0 Å². The molecule has 0 fully saturated rings. The summed E-state index contributed by atoms with van der Waals surface area (Å²) >= 11 is 7.37. The number of hydrogen-bond acceptors (Lipinski definition) is 3. The van der Waals surface area contributed by atoms with Crippen LogP contribution in [0.1, 0.15) is 20.8 Å². The Kier molecular flexibility index (Phi) is 4.12. The Morgan fingerprint density at radius 3 is 2.74 bits per heavy atom. The van der Waals surface area contributed by atoms with Gasteiger partial charge in [0, 0.05) is 23.2 Å². The maximum Gasteiger partial charge on any atom is 0.254 e. The molecule has 0 spiro atoms. The Hall–Kier alpha value is -1.52. The largest absolute Gasteiger partial charge is 0.398 e. The van der Waals surface area contributed by atoms with Crippen molar-refractivity contribution in [2.75, 3.05) is 12.8 Å². The molecule has 0 aliphatic rings. The molecule has 0 radical (unpaired) electrons. The number of rotatable bonds is 3. The number of carbonyl (C=O) groups excluding carboxylic acids is 1. The first kappa shape index (κ1) is 13.9. The average Bonchev–Trinajstić information content (AvgIpc) is 2.77. The van der Waals surface area contributed by atoms with E-state index in [1.807, 2.05) is 19.1 Å². The second-order valence-corrected chi connectivity index (χ2v) is 6.19. The molecule has 1 aromatic heterocycles. The van der Waals surface area contributed by atoms with Crippen molar-refractivity contribution >= 4 is 34.5 Å². The van der Waals surface area contributed by atoms with Crippen LogP contribution in [0.5, 0.6) is 0 Å². The van der Waals surface area contributed by atoms with Gasteiger partial charge in [-0.25, -0.2) is 0 Å². The number of nitrogen functional groups attached to an aromatic ring is 1. The third kappa shape index (κ3) is 3.08. The Balaban J connectivity index is 2.17. The van der Waals surface area contributed by atoms with Gasteiger partial charge in [-0.05, 0) is 36.8 Å². The number of thiophene rings is 1. The molecule has 1 amide bonds. The molecular formula is C14H15ClN2OS. The predicted molar refractivity (Wildman–Crippen MR) is 80.7 cm³/mol. The van der Waals surface area contributed by atoms with Gasteiger partial charge >= 0.3 is 0 Å². The maximum absolute atomic E-state index is 12.4. The summed E-state index contributed by atoms with van der Waals surface area (Å²) in [6.45, 7) is 2.41. The van der Waals surface area contributed by atoms with E-state index in [1.165, 1.54) is 11.3 Å². The van der Waals surface area contributed by atoms with Gasteiger partial charge in [-0.1, -0.05) is 17.7 Å². The van der Waals surface area contributed by atoms with Crippen molar-refractivity contribution in [1.29, 1.82) is 0 Å². The Labute approximate surface area is 121 Å². The quantitative estimate of drug-likeness (QED) is 0.880. The van der Waals surface area contributed by atoms with Gasteiger partial charge in [0.05, 0.1) is 10.9 Å². The summed E-state index contributed by atoms with van der Waals surface area (Å²) in [5.74, 6) is -0.0330. The summed E-state index contributed by atoms with van der Waals surface area (Å²) < 4.78 is 0.732. The Bertz CT molecular complexity index is 609. The molecule has 0 bridgehead atoms. The fraction of sp³-hybridized carbons (Fsp3) is 0.214. The van der Waals surface area contributed by atoms with E-state index in [0.29, 0.717) is 17.8 Å². The third-order valence-electron chi connectivity index (χ3n) is 2.97. The second-order valence-electron chi connectivity index (χ2n) is 4.39. The third-order valence-corrected chi connectivity index (χ3v) is 4.19. The molecule has 0 atom stereocenters. The van der Waals surface area contributed by atoms with Crippen molar-refractivity contribution in [2.45, 2.75) is 13.5 Å². The van der Waals surface area contributed by atoms with E-state index < -0.39 is 0 Å². The van der Waals surface area contributed by atoms with Gasteiger partial charge in [-0.3, -0.25) is 4.79 Å². The fourth-order valence-corrected chi connectivity index (χ4v) is 2.97. The van der Waals surface area contributed by atoms with Crippen LogP contribution in [-0.2, 0) is 6.54 Å². The lowest BCUT2D eigenvalue weighted by Crippen LogP contribution is -2.26. The van der Waals surface area contributed by atoms with Gasteiger partial charge in [0.2, 0.25) is 0 Å². The highest BCUT2D eigenvalue weighted by molar-refractivity contribution is 7.16. The van der Waals surface area contributed by atoms with Crippen LogP contribution < -0.4 is 5.73 Å². The van der Waals surface area contributed by atoms with Gasteiger partial charge in [0.1, 0.15) is 0 Å². The van der Waals surface area contributed by atoms with Crippen LogP contribution >= 0.6 is 22.9 Å². The number of hydrogen-bond donors (Lipinski definition) is 1. The number of nitrogens with zero attached hydrogens (tertiary/aromatic N) is 1. The summed E-state index contributed by atoms with van der Waals surface area (Å²) in [6.07, 6.45) is 0. The van der Waals surface area contributed by atoms with Crippen LogP contribution in [0.2, 0.25) is 4.34 Å². The lowest BCUT2D eigenvalue weighted by atomic mass is 10.1. The standard InChI is InChI=1S/C14H15ClN2OS/c1-9-11(4-3-5-12(9)16)14(18)17(2)8-10-6-7-13(15)19-10/h3-7H,8,16H2,1-2H3. The first-order valence-corrected chi connectivity index (χ1v) is 7.03. The monoisotopic (exact) mass is 294 g/mol. The van der Waals surface area contributed by atoms with E-state index >= 15 is 0 Å². The molecule has 3 nitrogen and oxygen atoms in total. The van der Waals surface area contributed by atoms with Crippen molar-refractivity contribution in [2.24, 2.45) is 0 Å². The highest BCUT2D eigenvalue weighted by Gasteiger charge is 2.15. The van der Waals surface area contributed by atoms with Gasteiger partial charge in [0.15, 0.2) is 0 Å². The van der Waals surface area contributed by atoms with E-state index in [0.717, 1.165) is 14.8 Å². The zero-order valence-corrected chi connectivity index (χ0v) is 12.4. The van der Waals surface area contributed by atoms with Gasteiger partial charge in [0.25, 0.3) is 5.91 Å². The van der Waals surface area contributed by atoms with Crippen LogP contribution in [0.4, 0.5) is 5.69 Å². The Morgan fingerprint density at radius 1 is 1.37 bits per heavy atom. The Morgan fingerprint density at radius 2 is 2.11 bits per heavy atom. The van der Waals surface area contributed by atoms with Crippen molar-refractivity contribution in [3.8, 4) is 0 Å². The minimum atomic E-state index is -0.0330. The molecular weight excluding hydrogens is 280 g/mol. The molecule has 2 aromatic rings. The van der Waals surface area contributed by atoms with Crippen molar-refractivity contribution in [3.05, 3.63) is 50.7 Å². The lowest BCUT2D eigenvalue weighted by molar-refractivity contribution is 0.0786. The minimum Gasteiger partial charge on any atom is -0.398 e. The normalized spacial score (nSPS) is 10.5. The molecule has 1 heterocycles. The number of benzene rings is 1. The minimum absolute atomic E-state index is 0.0330. The van der Waals surface area contributed by atoms with E-state index in [4.69, 9.17) is 17.3 Å². The number of nitrogens with two attached hydrogens (primary N) is 1. The molecule has 0 unspecified atom stereocenters. The first-order valence-electron chi connectivity index (χ1n) is 5.84. The highest BCUT2D eigenvalue weighted by atomic mass is 35.5. The van der Waals surface area contributed by atoms with Crippen molar-refractivity contribution in [3.63, 3.8) is 0 Å². The summed E-state index contributed by atoms with van der Waals surface area (Å²) in [4.78, 5) is 15.1. The van der Waals surface area contributed by atoms with E-state index in [2.05, 4.69) is 0 Å². The number of anilines is 1. The average molecular weight is 295 g/mol. The van der Waals surface area contributed by atoms with Crippen LogP contribution in [0, 0.1) is 6.92 Å². The molecule has 19 heavy (non-hydrogen) atoms. The van der Waals surface area contributed by atoms with Crippen LogP contribution in [0.15, 0.2) is 30.3 Å². The summed E-state index contributed by atoms with van der Waals surface area (Å²) in [6, 6.07) is 9.16. The molecule has 1 aromatic carbocycles. The van der Waals surface area contributed by atoms with Crippen molar-refractivity contribution < 1.29 is 4.79 Å². The van der Waals surface area contributed by atoms with E-state index in [1.54, 1.807) is 30.1 Å². The van der Waals surface area contributed by atoms with E-state index in [9.17, 15) is 4.79 Å². The summed E-state index contributed by atoms with van der Waals surface area (Å²) in [7, 11) is 1.78. The van der Waals surface area contributed by atoms with Crippen LogP contribution in [0.3, 0.4) is 0 Å². The number of carbonyl (C=O) groups is 1. The van der Waals surface area contributed by atoms with Crippen molar-refractivity contribution in [1.82, 2.24) is 4.90 Å². The zero-order chi connectivity index (χ0) is 14.0. The van der Waals surface area contributed by atoms with Gasteiger partial charge < -0.3 is 10.6 Å². The molecule has 0 aliphatic heterocycles. The highest BCUT2D eigenvalue weighted by Crippen LogP contribution is 2.23. The molecule has 100 valence electrons. The molecule has 0 saturated carbocycles. The maximum atomic E-state index is 12.4. The first-order chi connectivity index (χ1) is 8.99. The summed E-state index contributed by atoms with van der Waals surface area (Å²) in [5, 5.41) is 0. The molecule has 2 rings (SSSR count).